The number of ether oxygens (including phenoxy) is 1. The van der Waals surface area contributed by atoms with E-state index in [0.717, 1.165) is 40.6 Å². The number of carbonyl (C=O) groups is 1. The predicted molar refractivity (Wildman–Crippen MR) is 113 cm³/mol. The Labute approximate surface area is 172 Å². The van der Waals surface area contributed by atoms with Crippen molar-refractivity contribution < 1.29 is 14.1 Å². The van der Waals surface area contributed by atoms with E-state index in [1.54, 1.807) is 18.8 Å². The van der Waals surface area contributed by atoms with Crippen molar-refractivity contribution >= 4 is 28.5 Å². The third-order valence-corrected chi connectivity index (χ3v) is 6.01. The van der Waals surface area contributed by atoms with Gasteiger partial charge in [-0.15, -0.1) is 0 Å². The first-order valence-corrected chi connectivity index (χ1v) is 11.1. The van der Waals surface area contributed by atoms with Gasteiger partial charge in [-0.3, -0.25) is 4.79 Å². The normalized spacial score (nSPS) is 17.3. The molecule has 1 fully saturated rings. The molecule has 3 aromatic rings. The summed E-state index contributed by atoms with van der Waals surface area (Å²) in [6, 6.07) is 13.2. The largest absolute Gasteiger partial charge is 0.612 e. The standard InChI is InChI=1S/C22H23N3O3S/c1-29(27)20-7-5-19(6-8-20)28-21-9-3-17(25-22-13-23-14-24-22)12-16(21)10-15-2-4-18(26)11-15/h3,5-9,12-15,25H,2,4,10-11H2,1H3,(H,23,24). The smallest absolute Gasteiger partial charge is 0.152 e. The molecule has 1 aliphatic carbocycles. The number of aromatic amines is 1. The first-order valence-electron chi connectivity index (χ1n) is 9.58. The van der Waals surface area contributed by atoms with Crippen molar-refractivity contribution in [3.63, 3.8) is 0 Å². The molecule has 1 aromatic heterocycles. The summed E-state index contributed by atoms with van der Waals surface area (Å²) in [6.45, 7) is 0. The van der Waals surface area contributed by atoms with Gasteiger partial charge in [0.15, 0.2) is 4.90 Å². The van der Waals surface area contributed by atoms with Crippen LogP contribution in [0.3, 0.4) is 0 Å². The molecule has 2 atom stereocenters. The van der Waals surface area contributed by atoms with Gasteiger partial charge in [0.25, 0.3) is 0 Å². The Balaban J connectivity index is 1.57. The van der Waals surface area contributed by atoms with Gasteiger partial charge in [0.1, 0.15) is 29.4 Å². The third kappa shape index (κ3) is 4.99. The van der Waals surface area contributed by atoms with E-state index in [9.17, 15) is 9.35 Å². The molecular weight excluding hydrogens is 386 g/mol. The van der Waals surface area contributed by atoms with Gasteiger partial charge in [0.2, 0.25) is 0 Å². The molecule has 2 N–H and O–H groups in total. The molecule has 0 radical (unpaired) electrons. The average molecular weight is 410 g/mol. The number of hydrogen-bond acceptors (Lipinski definition) is 5. The van der Waals surface area contributed by atoms with Gasteiger partial charge in [-0.2, -0.15) is 0 Å². The Kier molecular flexibility index (Phi) is 5.87. The molecule has 0 bridgehead atoms. The summed E-state index contributed by atoms with van der Waals surface area (Å²) >= 11 is -1.02. The summed E-state index contributed by atoms with van der Waals surface area (Å²) in [5.41, 5.74) is 1.97. The number of nitrogens with zero attached hydrogens (tertiary/aromatic N) is 1. The molecular formula is C22H23N3O3S. The summed E-state index contributed by atoms with van der Waals surface area (Å²) in [5.74, 6) is 2.88. The molecule has 2 unspecified atom stereocenters. The van der Waals surface area contributed by atoms with Gasteiger partial charge in [0, 0.05) is 24.7 Å². The van der Waals surface area contributed by atoms with Crippen LogP contribution >= 0.6 is 0 Å². The van der Waals surface area contributed by atoms with Crippen molar-refractivity contribution in [2.24, 2.45) is 5.92 Å². The lowest BCUT2D eigenvalue weighted by atomic mass is 9.97. The highest BCUT2D eigenvalue weighted by Gasteiger charge is 2.23. The van der Waals surface area contributed by atoms with Crippen LogP contribution in [0.4, 0.5) is 11.5 Å². The van der Waals surface area contributed by atoms with E-state index >= 15 is 0 Å². The summed E-state index contributed by atoms with van der Waals surface area (Å²) in [5, 5.41) is 3.27. The Bertz CT molecular complexity index is 971. The number of anilines is 2. The summed E-state index contributed by atoms with van der Waals surface area (Å²) in [7, 11) is 0. The number of ketones is 1. The van der Waals surface area contributed by atoms with Crippen molar-refractivity contribution in [1.29, 1.82) is 0 Å². The van der Waals surface area contributed by atoms with Gasteiger partial charge in [-0.25, -0.2) is 4.98 Å². The average Bonchev–Trinajstić information content (AvgIpc) is 3.36. The van der Waals surface area contributed by atoms with E-state index in [1.165, 1.54) is 0 Å². The minimum absolute atomic E-state index is 0.339. The Hall–Kier alpha value is -2.77. The number of carbonyl (C=O) groups excluding carboxylic acids is 1. The van der Waals surface area contributed by atoms with E-state index in [4.69, 9.17) is 4.74 Å². The van der Waals surface area contributed by atoms with Crippen LogP contribution < -0.4 is 10.1 Å². The topological polar surface area (TPSA) is 90.1 Å². The van der Waals surface area contributed by atoms with Crippen LogP contribution in [0.25, 0.3) is 0 Å². The fourth-order valence-electron chi connectivity index (χ4n) is 3.60. The van der Waals surface area contributed by atoms with Crippen molar-refractivity contribution in [2.45, 2.75) is 30.6 Å². The first-order chi connectivity index (χ1) is 14.1. The fourth-order valence-corrected chi connectivity index (χ4v) is 4.11. The van der Waals surface area contributed by atoms with E-state index in [-0.39, 0.29) is 0 Å². The van der Waals surface area contributed by atoms with Crippen LogP contribution in [-0.4, -0.2) is 26.6 Å². The molecule has 29 heavy (non-hydrogen) atoms. The van der Waals surface area contributed by atoms with Crippen LogP contribution in [0.1, 0.15) is 24.8 Å². The molecule has 0 amide bonds. The molecule has 6 nitrogen and oxygen atoms in total. The number of Topliss-reactive ketones (excluding diaryl/α,β-unsaturated/α-hetero) is 1. The maximum absolute atomic E-state index is 11.7. The summed E-state index contributed by atoms with van der Waals surface area (Å²) < 4.78 is 17.7. The molecule has 1 heterocycles. The minimum Gasteiger partial charge on any atom is -0.612 e. The third-order valence-electron chi connectivity index (χ3n) is 5.07. The van der Waals surface area contributed by atoms with Gasteiger partial charge >= 0.3 is 0 Å². The lowest BCUT2D eigenvalue weighted by Crippen LogP contribution is -2.03. The Morgan fingerprint density at radius 3 is 2.76 bits per heavy atom. The molecule has 1 saturated carbocycles. The van der Waals surface area contributed by atoms with Crippen molar-refractivity contribution in [3.05, 3.63) is 60.6 Å². The van der Waals surface area contributed by atoms with E-state index in [2.05, 4.69) is 21.4 Å². The van der Waals surface area contributed by atoms with E-state index in [1.807, 2.05) is 36.4 Å². The van der Waals surface area contributed by atoms with Gasteiger partial charge < -0.3 is 19.6 Å². The molecule has 0 saturated heterocycles. The van der Waals surface area contributed by atoms with Gasteiger partial charge in [0.05, 0.1) is 6.33 Å². The highest BCUT2D eigenvalue weighted by atomic mass is 32.2. The van der Waals surface area contributed by atoms with E-state index < -0.39 is 11.2 Å². The molecule has 1 aliphatic rings. The SMILES string of the molecule is C[S+]([O-])c1ccc(Oc2ccc(Nc3c[nH]cn3)cc2CC2CCC(=O)C2)cc1. The van der Waals surface area contributed by atoms with Crippen molar-refractivity contribution in [1.82, 2.24) is 9.97 Å². The zero-order valence-corrected chi connectivity index (χ0v) is 17.0. The van der Waals surface area contributed by atoms with Gasteiger partial charge in [-0.1, -0.05) is 0 Å². The number of rotatable bonds is 7. The number of nitrogens with one attached hydrogen (secondary N) is 2. The number of hydrogen-bond donors (Lipinski definition) is 2. The van der Waals surface area contributed by atoms with Crippen molar-refractivity contribution in [2.75, 3.05) is 11.6 Å². The maximum atomic E-state index is 11.7. The number of benzene rings is 2. The lowest BCUT2D eigenvalue weighted by Gasteiger charge is -2.16. The zero-order chi connectivity index (χ0) is 20.2. The van der Waals surface area contributed by atoms with Crippen LogP contribution in [0.5, 0.6) is 11.5 Å². The van der Waals surface area contributed by atoms with Crippen molar-refractivity contribution in [3.8, 4) is 11.5 Å². The summed E-state index contributed by atoms with van der Waals surface area (Å²) in [6.07, 6.45) is 8.08. The highest BCUT2D eigenvalue weighted by Crippen LogP contribution is 2.34. The molecule has 7 heteroatoms. The van der Waals surface area contributed by atoms with Crippen LogP contribution in [-0.2, 0) is 22.4 Å². The second-order valence-corrected chi connectivity index (χ2v) is 8.66. The Morgan fingerprint density at radius 2 is 2.10 bits per heavy atom. The summed E-state index contributed by atoms with van der Waals surface area (Å²) in [4.78, 5) is 19.6. The second-order valence-electron chi connectivity index (χ2n) is 7.28. The number of aromatic nitrogens is 2. The fraction of sp³-hybridized carbons (Fsp3) is 0.273. The molecule has 4 rings (SSSR count). The lowest BCUT2D eigenvalue weighted by molar-refractivity contribution is -0.117. The number of imidazole rings is 1. The van der Waals surface area contributed by atoms with Crippen LogP contribution in [0.2, 0.25) is 0 Å². The molecule has 2 aromatic carbocycles. The van der Waals surface area contributed by atoms with E-state index in [0.29, 0.717) is 30.3 Å². The minimum atomic E-state index is -1.02. The molecule has 0 aliphatic heterocycles. The Morgan fingerprint density at radius 1 is 1.28 bits per heavy atom. The maximum Gasteiger partial charge on any atom is 0.152 e. The first kappa shape index (κ1) is 19.5. The molecule has 0 spiro atoms. The second kappa shape index (κ2) is 8.71. The molecule has 150 valence electrons. The monoisotopic (exact) mass is 409 g/mol. The highest BCUT2D eigenvalue weighted by molar-refractivity contribution is 7.90. The van der Waals surface area contributed by atoms with Crippen LogP contribution in [0, 0.1) is 5.92 Å². The zero-order valence-electron chi connectivity index (χ0n) is 16.2. The van der Waals surface area contributed by atoms with Gasteiger partial charge in [-0.05, 0) is 78.0 Å². The van der Waals surface area contributed by atoms with Crippen LogP contribution in [0.15, 0.2) is 59.9 Å². The number of H-pyrrole nitrogens is 1. The quantitative estimate of drug-likeness (QED) is 0.557. The predicted octanol–water partition coefficient (Wildman–Crippen LogP) is 4.59.